The lowest BCUT2D eigenvalue weighted by molar-refractivity contribution is -0.115. The highest BCUT2D eigenvalue weighted by Crippen LogP contribution is 2.10. The van der Waals surface area contributed by atoms with Crippen molar-refractivity contribution in [2.24, 2.45) is 0 Å². The Morgan fingerprint density at radius 2 is 2.23 bits per heavy atom. The monoisotopic (exact) mass is 176 g/mol. The maximum absolute atomic E-state index is 11.4. The van der Waals surface area contributed by atoms with Gasteiger partial charge in [-0.25, -0.2) is 0 Å². The van der Waals surface area contributed by atoms with Gasteiger partial charge in [0.25, 0.3) is 0 Å². The molecule has 1 aliphatic rings. The van der Waals surface area contributed by atoms with Crippen molar-refractivity contribution in [3.05, 3.63) is 29.5 Å². The highest BCUT2D eigenvalue weighted by atomic mass is 16.1. The van der Waals surface area contributed by atoms with E-state index < -0.39 is 0 Å². The third kappa shape index (κ3) is 3.43. The molecule has 0 amide bonds. The van der Waals surface area contributed by atoms with Gasteiger partial charge in [0.05, 0.1) is 5.57 Å². The zero-order chi connectivity index (χ0) is 9.52. The molecule has 13 heavy (non-hydrogen) atoms. The van der Waals surface area contributed by atoms with Gasteiger partial charge in [0.1, 0.15) is 0 Å². The zero-order valence-electron chi connectivity index (χ0n) is 8.18. The number of carbonyl (C=O) groups excluding carboxylic acids is 1. The molecule has 1 rings (SSSR count). The van der Waals surface area contributed by atoms with Crippen LogP contribution in [0, 0.1) is 0 Å². The zero-order valence-corrected chi connectivity index (χ0v) is 8.18. The molecule has 0 heterocycles. The number of Topliss-reactive ketones (excluding diaryl/α,β-unsaturated/α-hetero) is 1. The summed E-state index contributed by atoms with van der Waals surface area (Å²) >= 11 is 0. The van der Waals surface area contributed by atoms with Crippen LogP contribution in [0.3, 0.4) is 0 Å². The fourth-order valence-corrected chi connectivity index (χ4v) is 1.35. The second-order valence-corrected chi connectivity index (χ2v) is 3.32. The Morgan fingerprint density at radius 3 is 2.85 bits per heavy atom. The summed E-state index contributed by atoms with van der Waals surface area (Å²) in [7, 11) is 0. The van der Waals surface area contributed by atoms with Gasteiger partial charge in [-0.1, -0.05) is 32.3 Å². The molecule has 0 bridgehead atoms. The molecule has 0 atom stereocenters. The van der Waals surface area contributed by atoms with Gasteiger partial charge in [-0.2, -0.15) is 0 Å². The first-order valence-electron chi connectivity index (χ1n) is 5.01. The Hall–Kier alpha value is -1.07. The maximum atomic E-state index is 11.4. The Labute approximate surface area is 79.8 Å². The van der Waals surface area contributed by atoms with Crippen molar-refractivity contribution in [1.82, 2.24) is 0 Å². The molecule has 0 aromatic carbocycles. The van der Waals surface area contributed by atoms with E-state index in [1.54, 1.807) is 6.08 Å². The first kappa shape index (κ1) is 10.0. The maximum Gasteiger partial charge on any atom is 0.170 e. The van der Waals surface area contributed by atoms with Gasteiger partial charge >= 0.3 is 0 Å². The Bertz CT molecular complexity index is 265. The largest absolute Gasteiger partial charge is 0.293 e. The molecule has 1 heteroatoms. The summed E-state index contributed by atoms with van der Waals surface area (Å²) < 4.78 is 0. The molecule has 0 saturated carbocycles. The molecule has 0 aromatic rings. The number of ketones is 1. The first-order valence-corrected chi connectivity index (χ1v) is 5.01. The van der Waals surface area contributed by atoms with Crippen LogP contribution in [0.25, 0.3) is 0 Å². The van der Waals surface area contributed by atoms with E-state index >= 15 is 0 Å². The second kappa shape index (κ2) is 5.55. The minimum Gasteiger partial charge on any atom is -0.293 e. The predicted octanol–water partition coefficient (Wildman–Crippen LogP) is 3.18. The van der Waals surface area contributed by atoms with Gasteiger partial charge < -0.3 is 0 Å². The highest BCUT2D eigenvalue weighted by molar-refractivity contribution is 5.98. The Morgan fingerprint density at radius 1 is 1.38 bits per heavy atom. The molecular formula is C12H16O. The third-order valence-corrected chi connectivity index (χ3v) is 2.16. The lowest BCUT2D eigenvalue weighted by atomic mass is 10.1. The van der Waals surface area contributed by atoms with Gasteiger partial charge in [-0.05, 0) is 18.6 Å². The SMILES string of the molecule is CCCCCCC(=O)C1=C=CC=C1. The normalized spacial score (nSPS) is 13.5. The number of hydrogen-bond acceptors (Lipinski definition) is 1. The van der Waals surface area contributed by atoms with E-state index in [2.05, 4.69) is 12.7 Å². The number of unbranched alkanes of at least 4 members (excludes halogenated alkanes) is 3. The molecule has 0 spiro atoms. The summed E-state index contributed by atoms with van der Waals surface area (Å²) in [6, 6.07) is 0. The van der Waals surface area contributed by atoms with Crippen LogP contribution in [0.5, 0.6) is 0 Å². The summed E-state index contributed by atoms with van der Waals surface area (Å²) in [5.41, 5.74) is 3.68. The van der Waals surface area contributed by atoms with Crippen molar-refractivity contribution in [2.75, 3.05) is 0 Å². The molecular weight excluding hydrogens is 160 g/mol. The van der Waals surface area contributed by atoms with Gasteiger partial charge in [0.2, 0.25) is 0 Å². The smallest absolute Gasteiger partial charge is 0.170 e. The minimum absolute atomic E-state index is 0.237. The summed E-state index contributed by atoms with van der Waals surface area (Å²) in [5.74, 6) is 0.237. The van der Waals surface area contributed by atoms with Gasteiger partial charge in [0.15, 0.2) is 5.78 Å². The Kier molecular flexibility index (Phi) is 4.28. The van der Waals surface area contributed by atoms with E-state index in [0.717, 1.165) is 12.0 Å². The standard InChI is InChI=1S/C12H16O/c1-2-3-4-5-10-12(13)11-8-6-7-9-11/h6-8H,2-5,10H2,1H3. The summed E-state index contributed by atoms with van der Waals surface area (Å²) in [6.45, 7) is 2.17. The summed E-state index contributed by atoms with van der Waals surface area (Å²) in [6.07, 6.45) is 10.8. The highest BCUT2D eigenvalue weighted by Gasteiger charge is 2.06. The van der Waals surface area contributed by atoms with Crippen LogP contribution in [0.15, 0.2) is 29.5 Å². The Balaban J connectivity index is 2.19. The van der Waals surface area contributed by atoms with Crippen molar-refractivity contribution >= 4 is 5.78 Å². The van der Waals surface area contributed by atoms with Crippen LogP contribution in [0.2, 0.25) is 0 Å². The number of rotatable bonds is 6. The average molecular weight is 176 g/mol. The van der Waals surface area contributed by atoms with Crippen molar-refractivity contribution in [2.45, 2.75) is 39.0 Å². The number of hydrogen-bond donors (Lipinski definition) is 0. The molecule has 0 aliphatic heterocycles. The van der Waals surface area contributed by atoms with E-state index in [9.17, 15) is 4.79 Å². The van der Waals surface area contributed by atoms with Gasteiger partial charge in [0, 0.05) is 6.42 Å². The van der Waals surface area contributed by atoms with Crippen molar-refractivity contribution < 1.29 is 4.79 Å². The fourth-order valence-electron chi connectivity index (χ4n) is 1.35. The molecule has 0 fully saturated rings. The lowest BCUT2D eigenvalue weighted by Gasteiger charge is -1.98. The third-order valence-electron chi connectivity index (χ3n) is 2.16. The van der Waals surface area contributed by atoms with Gasteiger partial charge in [-0.15, -0.1) is 5.73 Å². The van der Waals surface area contributed by atoms with E-state index in [0.29, 0.717) is 6.42 Å². The minimum atomic E-state index is 0.237. The molecule has 0 radical (unpaired) electrons. The molecule has 70 valence electrons. The number of allylic oxidation sites excluding steroid dienone is 3. The summed E-state index contributed by atoms with van der Waals surface area (Å²) in [5, 5.41) is 0. The van der Waals surface area contributed by atoms with Crippen LogP contribution in [-0.4, -0.2) is 5.78 Å². The van der Waals surface area contributed by atoms with Gasteiger partial charge in [-0.3, -0.25) is 4.79 Å². The van der Waals surface area contributed by atoms with E-state index in [1.807, 2.05) is 12.2 Å². The van der Waals surface area contributed by atoms with Crippen LogP contribution in [0.4, 0.5) is 0 Å². The topological polar surface area (TPSA) is 17.1 Å². The van der Waals surface area contributed by atoms with Crippen LogP contribution < -0.4 is 0 Å². The molecule has 1 nitrogen and oxygen atoms in total. The molecule has 0 aromatic heterocycles. The molecule has 0 saturated heterocycles. The number of carbonyl (C=O) groups is 1. The molecule has 1 aliphatic carbocycles. The average Bonchev–Trinajstić information content (AvgIpc) is 2.65. The van der Waals surface area contributed by atoms with E-state index in [-0.39, 0.29) is 5.78 Å². The van der Waals surface area contributed by atoms with Crippen LogP contribution in [0.1, 0.15) is 39.0 Å². The van der Waals surface area contributed by atoms with Crippen LogP contribution >= 0.6 is 0 Å². The van der Waals surface area contributed by atoms with Crippen molar-refractivity contribution in [3.8, 4) is 0 Å². The molecule has 0 N–H and O–H groups in total. The molecule has 0 unspecified atom stereocenters. The quantitative estimate of drug-likeness (QED) is 0.448. The van der Waals surface area contributed by atoms with Crippen molar-refractivity contribution in [1.29, 1.82) is 0 Å². The van der Waals surface area contributed by atoms with E-state index in [1.165, 1.54) is 19.3 Å². The van der Waals surface area contributed by atoms with Crippen LogP contribution in [-0.2, 0) is 4.79 Å². The fraction of sp³-hybridized carbons (Fsp3) is 0.500. The van der Waals surface area contributed by atoms with E-state index in [4.69, 9.17) is 0 Å². The predicted molar refractivity (Wildman–Crippen MR) is 54.5 cm³/mol. The lowest BCUT2D eigenvalue weighted by Crippen LogP contribution is -1.98. The van der Waals surface area contributed by atoms with Crippen molar-refractivity contribution in [3.63, 3.8) is 0 Å². The summed E-state index contributed by atoms with van der Waals surface area (Å²) in [4.78, 5) is 11.4. The second-order valence-electron chi connectivity index (χ2n) is 3.32. The first-order chi connectivity index (χ1) is 6.34.